The minimum absolute atomic E-state index is 0. The number of hydrogen-bond donors (Lipinski definition) is 1. The monoisotopic (exact) mass is 414 g/mol. The molecule has 1 N–H and O–H groups in total. The van der Waals surface area contributed by atoms with Gasteiger partial charge >= 0.3 is 0 Å². The van der Waals surface area contributed by atoms with Crippen molar-refractivity contribution in [3.05, 3.63) is 22.2 Å². The van der Waals surface area contributed by atoms with Crippen molar-refractivity contribution < 1.29 is 18.3 Å². The zero-order valence-corrected chi connectivity index (χ0v) is 15.6. The molecule has 1 aromatic carbocycles. The third-order valence-corrected chi connectivity index (χ3v) is 4.48. The van der Waals surface area contributed by atoms with Gasteiger partial charge in [0, 0.05) is 44.2 Å². The molecule has 1 aliphatic rings. The second-order valence-corrected chi connectivity index (χ2v) is 6.01. The summed E-state index contributed by atoms with van der Waals surface area (Å²) in [5.74, 6) is 1.21. The number of hydrogen-bond acceptors (Lipinski definition) is 4. The normalized spacial score (nSPS) is 16.8. The van der Waals surface area contributed by atoms with Gasteiger partial charge in [0.1, 0.15) is 11.5 Å². The van der Waals surface area contributed by atoms with E-state index in [1.54, 1.807) is 26.4 Å². The van der Waals surface area contributed by atoms with Crippen molar-refractivity contribution in [3.63, 3.8) is 0 Å². The van der Waals surface area contributed by atoms with Crippen molar-refractivity contribution in [2.45, 2.75) is 18.9 Å². The molecule has 0 unspecified atom stereocenters. The molecule has 0 radical (unpaired) electrons. The fourth-order valence-electron chi connectivity index (χ4n) is 2.78. The molecule has 132 valence electrons. The Bertz CT molecular complexity index is 503. The molecule has 0 amide bonds. The molecule has 0 saturated carbocycles. The summed E-state index contributed by atoms with van der Waals surface area (Å²) in [6, 6.07) is 3.17. The minimum atomic E-state index is -2.38. The number of nitrogens with one attached hydrogen (secondary N) is 1. The third-order valence-electron chi connectivity index (χ3n) is 3.86. The largest absolute Gasteiger partial charge is 0.496 e. The lowest BCUT2D eigenvalue weighted by Gasteiger charge is -2.36. The molecule has 1 saturated heterocycles. The highest BCUT2D eigenvalue weighted by molar-refractivity contribution is 9.10. The first kappa shape index (κ1) is 20.4. The van der Waals surface area contributed by atoms with Crippen LogP contribution in [0.2, 0.25) is 0 Å². The highest BCUT2D eigenvalue weighted by Crippen LogP contribution is 2.40. The van der Waals surface area contributed by atoms with Gasteiger partial charge in [-0.25, -0.2) is 8.78 Å². The number of ether oxygens (including phenoxy) is 2. The molecule has 1 heterocycles. The van der Waals surface area contributed by atoms with Crippen molar-refractivity contribution in [1.82, 2.24) is 10.2 Å². The van der Waals surface area contributed by atoms with Gasteiger partial charge in [0.05, 0.1) is 18.7 Å². The summed E-state index contributed by atoms with van der Waals surface area (Å²) in [5.41, 5.74) is 0.741. The van der Waals surface area contributed by atoms with E-state index in [-0.39, 0.29) is 24.9 Å². The molecule has 23 heavy (non-hydrogen) atoms. The maximum atomic E-state index is 13.1. The molecule has 1 fully saturated rings. The number of nitrogens with zero attached hydrogens (tertiary/aromatic N) is 1. The second-order valence-electron chi connectivity index (χ2n) is 5.16. The SMILES string of the molecule is COc1cc([C@@H](CC(F)F)N2CCNCC2)c(OC)cc1Br.Cl. The van der Waals surface area contributed by atoms with Crippen molar-refractivity contribution in [3.8, 4) is 11.5 Å². The number of alkyl halides is 2. The van der Waals surface area contributed by atoms with Crippen LogP contribution in [0, 0.1) is 0 Å². The predicted molar refractivity (Wildman–Crippen MR) is 92.3 cm³/mol. The first-order valence-corrected chi connectivity index (χ1v) is 8.00. The van der Waals surface area contributed by atoms with Crippen LogP contribution in [0.1, 0.15) is 18.0 Å². The van der Waals surface area contributed by atoms with E-state index in [9.17, 15) is 8.78 Å². The van der Waals surface area contributed by atoms with Crippen molar-refractivity contribution in [2.75, 3.05) is 40.4 Å². The Kier molecular flexibility index (Phi) is 8.53. The van der Waals surface area contributed by atoms with Crippen LogP contribution in [0.25, 0.3) is 0 Å². The van der Waals surface area contributed by atoms with E-state index >= 15 is 0 Å². The zero-order chi connectivity index (χ0) is 16.1. The van der Waals surface area contributed by atoms with E-state index in [0.29, 0.717) is 11.5 Å². The van der Waals surface area contributed by atoms with Crippen LogP contribution in [-0.4, -0.2) is 51.7 Å². The molecule has 8 heteroatoms. The van der Waals surface area contributed by atoms with Gasteiger partial charge in [-0.15, -0.1) is 12.4 Å². The van der Waals surface area contributed by atoms with E-state index < -0.39 is 6.43 Å². The number of halogens is 4. The molecule has 1 aliphatic heterocycles. The van der Waals surface area contributed by atoms with Gasteiger partial charge in [0.25, 0.3) is 0 Å². The van der Waals surface area contributed by atoms with Gasteiger partial charge in [-0.3, -0.25) is 4.90 Å². The van der Waals surface area contributed by atoms with Crippen LogP contribution in [0.4, 0.5) is 8.78 Å². The van der Waals surface area contributed by atoms with Crippen LogP contribution in [0.3, 0.4) is 0 Å². The lowest BCUT2D eigenvalue weighted by atomic mass is 9.99. The molecule has 1 atom stereocenters. The molecule has 0 bridgehead atoms. The van der Waals surface area contributed by atoms with E-state index in [2.05, 4.69) is 26.1 Å². The first-order valence-electron chi connectivity index (χ1n) is 7.21. The number of methoxy groups -OCH3 is 2. The van der Waals surface area contributed by atoms with Crippen molar-refractivity contribution >= 4 is 28.3 Å². The lowest BCUT2D eigenvalue weighted by molar-refractivity contribution is 0.0728. The third kappa shape index (κ3) is 5.17. The van der Waals surface area contributed by atoms with Gasteiger partial charge in [-0.05, 0) is 28.1 Å². The highest BCUT2D eigenvalue weighted by atomic mass is 79.9. The van der Waals surface area contributed by atoms with E-state index in [1.165, 1.54) is 0 Å². The Balaban J connectivity index is 0.00000264. The van der Waals surface area contributed by atoms with Gasteiger partial charge in [0.15, 0.2) is 0 Å². The zero-order valence-electron chi connectivity index (χ0n) is 13.2. The molecular weight excluding hydrogens is 394 g/mol. The smallest absolute Gasteiger partial charge is 0.240 e. The van der Waals surface area contributed by atoms with Crippen LogP contribution in [0.15, 0.2) is 16.6 Å². The number of rotatable bonds is 6. The summed E-state index contributed by atoms with van der Waals surface area (Å²) in [6.07, 6.45) is -2.60. The van der Waals surface area contributed by atoms with Crippen LogP contribution < -0.4 is 14.8 Å². The van der Waals surface area contributed by atoms with Gasteiger partial charge in [-0.1, -0.05) is 0 Å². The second kappa shape index (κ2) is 9.61. The van der Waals surface area contributed by atoms with Crippen LogP contribution in [-0.2, 0) is 0 Å². The number of piperazine rings is 1. The summed E-state index contributed by atoms with van der Waals surface area (Å²) in [5, 5.41) is 3.24. The standard InChI is InChI=1S/C15H21BrF2N2O2.ClH/c1-21-13-8-11(16)14(22-2)7-10(13)12(9-15(17)18)20-5-3-19-4-6-20;/h7-8,12,15,19H,3-6,9H2,1-2H3;1H/t12-;/m1./s1. The highest BCUT2D eigenvalue weighted by Gasteiger charge is 2.28. The maximum absolute atomic E-state index is 13.1. The lowest BCUT2D eigenvalue weighted by Crippen LogP contribution is -2.45. The molecule has 0 spiro atoms. The molecular formula is C15H22BrClF2N2O2. The Hall–Kier alpha value is -0.630. The molecule has 0 aromatic heterocycles. The minimum Gasteiger partial charge on any atom is -0.496 e. The van der Waals surface area contributed by atoms with Gasteiger partial charge in [-0.2, -0.15) is 0 Å². The Morgan fingerprint density at radius 2 is 1.78 bits per heavy atom. The van der Waals surface area contributed by atoms with Gasteiger partial charge in [0.2, 0.25) is 6.43 Å². The Labute approximate surface area is 150 Å². The molecule has 0 aliphatic carbocycles. The van der Waals surface area contributed by atoms with Crippen LogP contribution in [0.5, 0.6) is 11.5 Å². The predicted octanol–water partition coefficient (Wildman–Crippen LogP) is 3.49. The summed E-state index contributed by atoms with van der Waals surface area (Å²) in [4.78, 5) is 2.08. The van der Waals surface area contributed by atoms with E-state index in [4.69, 9.17) is 9.47 Å². The maximum Gasteiger partial charge on any atom is 0.240 e. The average Bonchev–Trinajstić information content (AvgIpc) is 2.53. The fourth-order valence-corrected chi connectivity index (χ4v) is 3.26. The average molecular weight is 416 g/mol. The van der Waals surface area contributed by atoms with E-state index in [1.807, 2.05) is 0 Å². The summed E-state index contributed by atoms with van der Waals surface area (Å²) >= 11 is 3.40. The first-order chi connectivity index (χ1) is 10.6. The van der Waals surface area contributed by atoms with Crippen molar-refractivity contribution in [2.24, 2.45) is 0 Å². The molecule has 2 rings (SSSR count). The summed E-state index contributed by atoms with van der Waals surface area (Å²) in [7, 11) is 3.11. The summed E-state index contributed by atoms with van der Waals surface area (Å²) in [6.45, 7) is 3.07. The van der Waals surface area contributed by atoms with Crippen molar-refractivity contribution in [1.29, 1.82) is 0 Å². The fraction of sp³-hybridized carbons (Fsp3) is 0.600. The Morgan fingerprint density at radius 3 is 2.30 bits per heavy atom. The summed E-state index contributed by atoms with van der Waals surface area (Å²) < 4.78 is 37.7. The topological polar surface area (TPSA) is 33.7 Å². The molecule has 1 aromatic rings. The molecule has 4 nitrogen and oxygen atoms in total. The van der Waals surface area contributed by atoms with E-state index in [0.717, 1.165) is 36.2 Å². The van der Waals surface area contributed by atoms with Gasteiger partial charge < -0.3 is 14.8 Å². The quantitative estimate of drug-likeness (QED) is 0.771. The Morgan fingerprint density at radius 1 is 1.17 bits per heavy atom. The van der Waals surface area contributed by atoms with Crippen LogP contribution >= 0.6 is 28.3 Å². The number of benzene rings is 1.